The summed E-state index contributed by atoms with van der Waals surface area (Å²) < 4.78 is 27.6. The molecule has 0 aliphatic heterocycles. The molecule has 0 radical (unpaired) electrons. The number of hydrogen-bond acceptors (Lipinski definition) is 6. The molecule has 132 valence electrons. The monoisotopic (exact) mass is 373 g/mol. The Bertz CT molecular complexity index is 993. The summed E-state index contributed by atoms with van der Waals surface area (Å²) in [5, 5.41) is 20.2. The van der Waals surface area contributed by atoms with Gasteiger partial charge < -0.3 is 5.32 Å². The lowest BCUT2D eigenvalue weighted by Crippen LogP contribution is -2.01. The lowest BCUT2D eigenvalue weighted by atomic mass is 10.2. The first-order valence-corrected chi connectivity index (χ1v) is 8.50. The van der Waals surface area contributed by atoms with Crippen LogP contribution in [0.25, 0.3) is 10.7 Å². The van der Waals surface area contributed by atoms with Crippen molar-refractivity contribution in [3.8, 4) is 10.7 Å². The summed E-state index contributed by atoms with van der Waals surface area (Å²) in [5.41, 5.74) is 1.50. The Hall–Kier alpha value is -3.14. The molecule has 3 aromatic heterocycles. The van der Waals surface area contributed by atoms with Crippen LogP contribution in [-0.2, 0) is 6.54 Å². The van der Waals surface area contributed by atoms with E-state index in [1.807, 2.05) is 47.3 Å². The molecule has 0 spiro atoms. The summed E-state index contributed by atoms with van der Waals surface area (Å²) in [5.74, 6) is 0.627. The fourth-order valence-corrected chi connectivity index (χ4v) is 3.05. The van der Waals surface area contributed by atoms with Gasteiger partial charge in [0, 0.05) is 18.5 Å². The van der Waals surface area contributed by atoms with E-state index in [1.165, 1.54) is 23.6 Å². The van der Waals surface area contributed by atoms with Gasteiger partial charge in [-0.2, -0.15) is 19.0 Å². The molecule has 1 N–H and O–H groups in total. The van der Waals surface area contributed by atoms with Crippen LogP contribution in [-0.4, -0.2) is 29.8 Å². The maximum Gasteiger partial charge on any atom is 0.333 e. The van der Waals surface area contributed by atoms with E-state index < -0.39 is 6.55 Å². The second-order valence-electron chi connectivity index (χ2n) is 5.38. The Labute approximate surface area is 150 Å². The summed E-state index contributed by atoms with van der Waals surface area (Å²) in [6.07, 6.45) is 3.07. The van der Waals surface area contributed by atoms with E-state index >= 15 is 0 Å². The normalized spacial score (nSPS) is 11.2. The molecule has 0 aliphatic carbocycles. The summed E-state index contributed by atoms with van der Waals surface area (Å²) in [6.45, 7) is -2.02. The number of nitrogens with zero attached hydrogens (tertiary/aromatic N) is 6. The van der Waals surface area contributed by atoms with Gasteiger partial charge in [0.1, 0.15) is 5.69 Å². The number of alkyl halides is 2. The van der Waals surface area contributed by atoms with Crippen LogP contribution in [0.2, 0.25) is 0 Å². The fourth-order valence-electron chi connectivity index (χ4n) is 2.33. The zero-order valence-corrected chi connectivity index (χ0v) is 14.1. The molecule has 4 aromatic rings. The first kappa shape index (κ1) is 16.3. The number of hydrogen-bond donors (Lipinski definition) is 1. The van der Waals surface area contributed by atoms with Crippen molar-refractivity contribution < 1.29 is 8.78 Å². The van der Waals surface area contributed by atoms with Crippen molar-refractivity contribution in [2.45, 2.75) is 13.1 Å². The highest BCUT2D eigenvalue weighted by molar-refractivity contribution is 7.18. The average molecular weight is 373 g/mol. The van der Waals surface area contributed by atoms with Crippen LogP contribution < -0.4 is 5.32 Å². The van der Waals surface area contributed by atoms with Gasteiger partial charge in [-0.15, -0.1) is 10.2 Å². The van der Waals surface area contributed by atoms with Gasteiger partial charge in [-0.3, -0.25) is 4.68 Å². The second kappa shape index (κ2) is 7.00. The number of halogens is 2. The van der Waals surface area contributed by atoms with E-state index in [0.717, 1.165) is 5.56 Å². The molecule has 10 heteroatoms. The van der Waals surface area contributed by atoms with Crippen molar-refractivity contribution in [1.82, 2.24) is 29.8 Å². The molecule has 0 aliphatic rings. The van der Waals surface area contributed by atoms with Crippen LogP contribution in [0.3, 0.4) is 0 Å². The first-order chi connectivity index (χ1) is 12.7. The van der Waals surface area contributed by atoms with Gasteiger partial charge in [0.2, 0.25) is 5.13 Å². The number of benzene rings is 1. The average Bonchev–Trinajstić information content (AvgIpc) is 3.37. The molecule has 7 nitrogen and oxygen atoms in total. The molecule has 0 saturated heterocycles. The quantitative estimate of drug-likeness (QED) is 0.557. The maximum atomic E-state index is 12.6. The van der Waals surface area contributed by atoms with Crippen molar-refractivity contribution in [2.24, 2.45) is 0 Å². The standard InChI is InChI=1S/C16H13F2N7S/c17-15(18)25-9-6-12(22-25)14-20-21-16(26-14)19-13-7-8-24(23-13)10-11-4-2-1-3-5-11/h1-9,15H,10H2,(H,19,21,23). The van der Waals surface area contributed by atoms with Crippen LogP contribution in [0.5, 0.6) is 0 Å². The molecule has 0 atom stereocenters. The lowest BCUT2D eigenvalue weighted by Gasteiger charge is -2.01. The molecule has 0 fully saturated rings. The van der Waals surface area contributed by atoms with E-state index in [4.69, 9.17) is 0 Å². The smallest absolute Gasteiger partial charge is 0.313 e. The highest BCUT2D eigenvalue weighted by atomic mass is 32.1. The van der Waals surface area contributed by atoms with E-state index in [9.17, 15) is 8.78 Å². The predicted octanol–water partition coefficient (Wildman–Crippen LogP) is 3.79. The zero-order valence-electron chi connectivity index (χ0n) is 13.3. The van der Waals surface area contributed by atoms with Crippen LogP contribution in [0.1, 0.15) is 12.1 Å². The molecular weight excluding hydrogens is 360 g/mol. The number of nitrogens with one attached hydrogen (secondary N) is 1. The van der Waals surface area contributed by atoms with Gasteiger partial charge in [-0.25, -0.2) is 4.68 Å². The van der Waals surface area contributed by atoms with Crippen molar-refractivity contribution in [2.75, 3.05) is 5.32 Å². The van der Waals surface area contributed by atoms with Gasteiger partial charge >= 0.3 is 6.55 Å². The molecule has 1 aromatic carbocycles. The molecule has 4 rings (SSSR count). The second-order valence-corrected chi connectivity index (χ2v) is 6.36. The van der Waals surface area contributed by atoms with Gasteiger partial charge in [0.15, 0.2) is 10.8 Å². The van der Waals surface area contributed by atoms with Gasteiger partial charge in [0.25, 0.3) is 0 Å². The molecule has 0 saturated carbocycles. The van der Waals surface area contributed by atoms with Crippen molar-refractivity contribution in [1.29, 1.82) is 0 Å². The van der Waals surface area contributed by atoms with Gasteiger partial charge in [-0.05, 0) is 11.6 Å². The van der Waals surface area contributed by atoms with Crippen molar-refractivity contribution in [3.05, 3.63) is 60.4 Å². The SMILES string of the molecule is FC(F)n1ccc(-c2nnc(Nc3ccn(Cc4ccccc4)n3)s2)n1. The van der Waals surface area contributed by atoms with Crippen molar-refractivity contribution >= 4 is 22.3 Å². The molecular formula is C16H13F2N7S. The van der Waals surface area contributed by atoms with Crippen LogP contribution in [0.4, 0.5) is 19.7 Å². The minimum absolute atomic E-state index is 0.352. The summed E-state index contributed by atoms with van der Waals surface area (Å²) >= 11 is 1.22. The largest absolute Gasteiger partial charge is 0.333 e. The fraction of sp³-hybridized carbons (Fsp3) is 0.125. The van der Waals surface area contributed by atoms with E-state index in [-0.39, 0.29) is 0 Å². The van der Waals surface area contributed by atoms with E-state index in [1.54, 1.807) is 0 Å². The third-order valence-electron chi connectivity index (χ3n) is 3.52. The third kappa shape index (κ3) is 3.59. The number of rotatable bonds is 6. The van der Waals surface area contributed by atoms with Crippen molar-refractivity contribution in [3.63, 3.8) is 0 Å². The Kier molecular flexibility index (Phi) is 4.40. The summed E-state index contributed by atoms with van der Waals surface area (Å²) in [6, 6.07) is 13.3. The Morgan fingerprint density at radius 2 is 1.85 bits per heavy atom. The summed E-state index contributed by atoms with van der Waals surface area (Å²) in [7, 11) is 0. The Balaban J connectivity index is 1.44. The third-order valence-corrected chi connectivity index (χ3v) is 4.38. The zero-order chi connectivity index (χ0) is 17.9. The molecule has 3 heterocycles. The summed E-state index contributed by atoms with van der Waals surface area (Å²) in [4.78, 5) is 0. The molecule has 0 unspecified atom stereocenters. The Morgan fingerprint density at radius 3 is 2.62 bits per heavy atom. The minimum Gasteiger partial charge on any atom is -0.313 e. The van der Waals surface area contributed by atoms with E-state index in [0.29, 0.717) is 32.9 Å². The van der Waals surface area contributed by atoms with E-state index in [2.05, 4.69) is 25.7 Å². The van der Waals surface area contributed by atoms with Gasteiger partial charge in [0.05, 0.1) is 6.54 Å². The highest BCUT2D eigenvalue weighted by Crippen LogP contribution is 2.27. The lowest BCUT2D eigenvalue weighted by molar-refractivity contribution is 0.0568. The minimum atomic E-state index is -2.68. The molecule has 26 heavy (non-hydrogen) atoms. The predicted molar refractivity (Wildman–Crippen MR) is 93.4 cm³/mol. The molecule has 0 bridgehead atoms. The maximum absolute atomic E-state index is 12.6. The molecule has 0 amide bonds. The van der Waals surface area contributed by atoms with Crippen LogP contribution in [0.15, 0.2) is 54.9 Å². The van der Waals surface area contributed by atoms with Gasteiger partial charge in [-0.1, -0.05) is 41.7 Å². The Morgan fingerprint density at radius 1 is 1.00 bits per heavy atom. The topological polar surface area (TPSA) is 73.5 Å². The highest BCUT2D eigenvalue weighted by Gasteiger charge is 2.13. The number of aromatic nitrogens is 6. The number of anilines is 2. The first-order valence-electron chi connectivity index (χ1n) is 7.69. The van der Waals surface area contributed by atoms with Crippen LogP contribution in [0, 0.1) is 0 Å². The van der Waals surface area contributed by atoms with Crippen LogP contribution >= 0.6 is 11.3 Å².